The van der Waals surface area contributed by atoms with Crippen molar-refractivity contribution < 1.29 is 14.8 Å². The van der Waals surface area contributed by atoms with Gasteiger partial charge in [-0.3, -0.25) is 19.7 Å². The van der Waals surface area contributed by atoms with Crippen LogP contribution in [-0.4, -0.2) is 48.1 Å². The fourth-order valence-corrected chi connectivity index (χ4v) is 0.896. The van der Waals surface area contributed by atoms with Crippen molar-refractivity contribution in [1.82, 2.24) is 15.7 Å². The molecule has 3 N–H and O–H groups in total. The van der Waals surface area contributed by atoms with E-state index in [9.17, 15) is 9.59 Å². The van der Waals surface area contributed by atoms with Gasteiger partial charge in [0, 0.05) is 20.0 Å². The molecule has 6 heteroatoms. The molecule has 0 aromatic heterocycles. The van der Waals surface area contributed by atoms with E-state index >= 15 is 0 Å². The zero-order valence-electron chi connectivity index (χ0n) is 8.70. The number of hydrogen-bond acceptors (Lipinski definition) is 4. The fourth-order valence-electron chi connectivity index (χ4n) is 0.896. The third kappa shape index (κ3) is 4.78. The molecule has 0 saturated heterocycles. The van der Waals surface area contributed by atoms with Crippen LogP contribution in [0.2, 0.25) is 0 Å². The average molecular weight is 203 g/mol. The molecule has 0 bridgehead atoms. The molecule has 0 aliphatic rings. The highest BCUT2D eigenvalue weighted by molar-refractivity contribution is 5.80. The standard InChI is InChI=1S/C8H17N3O3/c1-6(8(13)10-14)11(3)5-4-9-7(2)12/h6,14H,4-5H2,1-3H3,(H,9,12)(H,10,13). The lowest BCUT2D eigenvalue weighted by molar-refractivity contribution is -0.133. The molecule has 0 aliphatic heterocycles. The van der Waals surface area contributed by atoms with Crippen LogP contribution in [0.3, 0.4) is 0 Å². The topological polar surface area (TPSA) is 81.7 Å². The lowest BCUT2D eigenvalue weighted by atomic mass is 10.3. The number of hydroxylamine groups is 1. The smallest absolute Gasteiger partial charge is 0.260 e. The van der Waals surface area contributed by atoms with Crippen molar-refractivity contribution in [2.75, 3.05) is 20.1 Å². The van der Waals surface area contributed by atoms with Crippen LogP contribution in [-0.2, 0) is 9.59 Å². The molecule has 2 amide bonds. The summed E-state index contributed by atoms with van der Waals surface area (Å²) in [5, 5.41) is 11.0. The summed E-state index contributed by atoms with van der Waals surface area (Å²) >= 11 is 0. The summed E-state index contributed by atoms with van der Waals surface area (Å²) < 4.78 is 0. The Balaban J connectivity index is 3.78. The van der Waals surface area contributed by atoms with Crippen LogP contribution in [0.4, 0.5) is 0 Å². The Hall–Kier alpha value is -1.14. The van der Waals surface area contributed by atoms with Gasteiger partial charge < -0.3 is 5.32 Å². The van der Waals surface area contributed by atoms with Gasteiger partial charge >= 0.3 is 0 Å². The van der Waals surface area contributed by atoms with Crippen LogP contribution in [0.15, 0.2) is 0 Å². The van der Waals surface area contributed by atoms with Crippen molar-refractivity contribution in [2.24, 2.45) is 0 Å². The molecular weight excluding hydrogens is 186 g/mol. The Morgan fingerprint density at radius 2 is 2.07 bits per heavy atom. The Bertz CT molecular complexity index is 208. The van der Waals surface area contributed by atoms with Crippen molar-refractivity contribution in [3.63, 3.8) is 0 Å². The first-order valence-corrected chi connectivity index (χ1v) is 4.37. The maximum Gasteiger partial charge on any atom is 0.260 e. The first-order chi connectivity index (χ1) is 6.49. The van der Waals surface area contributed by atoms with E-state index in [2.05, 4.69) is 5.32 Å². The summed E-state index contributed by atoms with van der Waals surface area (Å²) in [6, 6.07) is -0.422. The highest BCUT2D eigenvalue weighted by Gasteiger charge is 2.16. The molecule has 82 valence electrons. The summed E-state index contributed by atoms with van der Waals surface area (Å²) in [6.07, 6.45) is 0. The molecule has 14 heavy (non-hydrogen) atoms. The first-order valence-electron chi connectivity index (χ1n) is 4.37. The molecule has 0 aromatic rings. The van der Waals surface area contributed by atoms with Gasteiger partial charge in [0.05, 0.1) is 6.04 Å². The monoisotopic (exact) mass is 203 g/mol. The fraction of sp³-hybridized carbons (Fsp3) is 0.750. The molecule has 1 unspecified atom stereocenters. The van der Waals surface area contributed by atoms with Gasteiger partial charge in [0.25, 0.3) is 5.91 Å². The third-order valence-corrected chi connectivity index (χ3v) is 1.99. The van der Waals surface area contributed by atoms with Crippen molar-refractivity contribution in [3.05, 3.63) is 0 Å². The van der Waals surface area contributed by atoms with Gasteiger partial charge in [-0.05, 0) is 14.0 Å². The molecule has 0 spiro atoms. The molecule has 0 fully saturated rings. The van der Waals surface area contributed by atoms with Crippen LogP contribution in [0, 0.1) is 0 Å². The van der Waals surface area contributed by atoms with Gasteiger partial charge in [-0.15, -0.1) is 0 Å². The van der Waals surface area contributed by atoms with E-state index in [1.807, 2.05) is 0 Å². The summed E-state index contributed by atoms with van der Waals surface area (Å²) in [7, 11) is 1.74. The summed E-state index contributed by atoms with van der Waals surface area (Å²) in [6.45, 7) is 4.13. The Kier molecular flexibility index (Phi) is 5.82. The summed E-state index contributed by atoms with van der Waals surface area (Å²) in [4.78, 5) is 23.2. The molecule has 0 aromatic carbocycles. The Morgan fingerprint density at radius 1 is 1.50 bits per heavy atom. The highest BCUT2D eigenvalue weighted by atomic mass is 16.5. The number of hydrogen-bond donors (Lipinski definition) is 3. The quantitative estimate of drug-likeness (QED) is 0.393. The van der Waals surface area contributed by atoms with E-state index in [0.29, 0.717) is 13.1 Å². The maximum absolute atomic E-state index is 11.0. The van der Waals surface area contributed by atoms with Crippen molar-refractivity contribution in [3.8, 4) is 0 Å². The zero-order chi connectivity index (χ0) is 11.1. The molecule has 0 rings (SSSR count). The van der Waals surface area contributed by atoms with E-state index in [1.54, 1.807) is 24.4 Å². The van der Waals surface area contributed by atoms with Crippen molar-refractivity contribution in [1.29, 1.82) is 0 Å². The largest absolute Gasteiger partial charge is 0.355 e. The minimum absolute atomic E-state index is 0.0994. The van der Waals surface area contributed by atoms with Gasteiger partial charge in [-0.25, -0.2) is 5.48 Å². The average Bonchev–Trinajstić information content (AvgIpc) is 2.14. The van der Waals surface area contributed by atoms with E-state index in [-0.39, 0.29) is 5.91 Å². The second-order valence-corrected chi connectivity index (χ2v) is 3.12. The predicted molar refractivity (Wildman–Crippen MR) is 50.7 cm³/mol. The zero-order valence-corrected chi connectivity index (χ0v) is 8.70. The molecule has 1 atom stereocenters. The number of nitrogens with zero attached hydrogens (tertiary/aromatic N) is 1. The number of carbonyl (C=O) groups excluding carboxylic acids is 2. The van der Waals surface area contributed by atoms with Gasteiger partial charge in [-0.1, -0.05) is 0 Å². The second-order valence-electron chi connectivity index (χ2n) is 3.12. The molecule has 6 nitrogen and oxygen atoms in total. The van der Waals surface area contributed by atoms with Crippen LogP contribution >= 0.6 is 0 Å². The lowest BCUT2D eigenvalue weighted by Crippen LogP contribution is -2.44. The normalized spacial score (nSPS) is 12.4. The minimum atomic E-state index is -0.463. The molecule has 0 saturated carbocycles. The number of nitrogens with one attached hydrogen (secondary N) is 2. The molecule has 0 radical (unpaired) electrons. The predicted octanol–water partition coefficient (Wildman–Crippen LogP) is -1.05. The van der Waals surface area contributed by atoms with Crippen LogP contribution in [0.25, 0.3) is 0 Å². The van der Waals surface area contributed by atoms with Gasteiger partial charge in [-0.2, -0.15) is 0 Å². The third-order valence-electron chi connectivity index (χ3n) is 1.99. The maximum atomic E-state index is 11.0. The SMILES string of the molecule is CC(=O)NCCN(C)C(C)C(=O)NO. The van der Waals surface area contributed by atoms with Gasteiger partial charge in [0.1, 0.15) is 0 Å². The van der Waals surface area contributed by atoms with Gasteiger partial charge in [0.15, 0.2) is 0 Å². The van der Waals surface area contributed by atoms with Crippen LogP contribution in [0.5, 0.6) is 0 Å². The number of amides is 2. The number of likely N-dealkylation sites (N-methyl/N-ethyl adjacent to an activating group) is 1. The van der Waals surface area contributed by atoms with E-state index < -0.39 is 11.9 Å². The van der Waals surface area contributed by atoms with Gasteiger partial charge in [0.2, 0.25) is 5.91 Å². The number of carbonyl (C=O) groups is 2. The van der Waals surface area contributed by atoms with E-state index in [1.165, 1.54) is 6.92 Å². The summed E-state index contributed by atoms with van der Waals surface area (Å²) in [5.41, 5.74) is 1.58. The van der Waals surface area contributed by atoms with E-state index in [0.717, 1.165) is 0 Å². The molecule has 0 heterocycles. The minimum Gasteiger partial charge on any atom is -0.355 e. The molecule has 0 aliphatic carbocycles. The van der Waals surface area contributed by atoms with Crippen LogP contribution in [0.1, 0.15) is 13.8 Å². The van der Waals surface area contributed by atoms with Crippen molar-refractivity contribution in [2.45, 2.75) is 19.9 Å². The van der Waals surface area contributed by atoms with Crippen molar-refractivity contribution >= 4 is 11.8 Å². The summed E-state index contributed by atoms with van der Waals surface area (Å²) in [5.74, 6) is -0.562. The highest BCUT2D eigenvalue weighted by Crippen LogP contribution is 1.93. The van der Waals surface area contributed by atoms with Crippen LogP contribution < -0.4 is 10.8 Å². The first kappa shape index (κ1) is 12.9. The lowest BCUT2D eigenvalue weighted by Gasteiger charge is -2.22. The second kappa shape index (κ2) is 6.33. The molecular formula is C8H17N3O3. The van der Waals surface area contributed by atoms with E-state index in [4.69, 9.17) is 5.21 Å². The number of rotatable bonds is 5. The Labute approximate surface area is 83.2 Å². The Morgan fingerprint density at radius 3 is 2.50 bits per heavy atom.